The molecule has 0 spiro atoms. The third-order valence-electron chi connectivity index (χ3n) is 3.17. The van der Waals surface area contributed by atoms with Gasteiger partial charge in [-0.3, -0.25) is 4.79 Å². The molecule has 2 rings (SSSR count). The molecule has 2 heterocycles. The van der Waals surface area contributed by atoms with Gasteiger partial charge in [0.05, 0.1) is 5.39 Å². The second-order valence-corrected chi connectivity index (χ2v) is 5.89. The van der Waals surface area contributed by atoms with Gasteiger partial charge in [-0.15, -0.1) is 11.3 Å². The molecule has 0 saturated carbocycles. The Bertz CT molecular complexity index is 720. The van der Waals surface area contributed by atoms with E-state index in [1.165, 1.54) is 11.3 Å². The van der Waals surface area contributed by atoms with Gasteiger partial charge < -0.3 is 14.5 Å². The number of aryl methyl sites for hydroxylation is 2. The fraction of sp³-hybridized carbons (Fsp3) is 0.500. The Morgan fingerprint density at radius 2 is 2.14 bits per heavy atom. The van der Waals surface area contributed by atoms with Crippen molar-refractivity contribution in [1.82, 2.24) is 9.97 Å². The fourth-order valence-corrected chi connectivity index (χ4v) is 2.97. The summed E-state index contributed by atoms with van der Waals surface area (Å²) in [5, 5.41) is 0.606. The number of H-pyrrole nitrogens is 1. The maximum atomic E-state index is 12.1. The molecule has 0 amide bonds. The SMILES string of the molecule is CCOCC(=O)O[C@@H](C)c1nc2sc(C)c(C)c2c(=O)[nH]1. The first-order valence-corrected chi connectivity index (χ1v) is 7.52. The van der Waals surface area contributed by atoms with Gasteiger partial charge in [-0.1, -0.05) is 0 Å². The van der Waals surface area contributed by atoms with Crippen LogP contribution in [0.3, 0.4) is 0 Å². The van der Waals surface area contributed by atoms with Crippen molar-refractivity contribution in [3.05, 3.63) is 26.6 Å². The van der Waals surface area contributed by atoms with Crippen molar-refractivity contribution in [2.24, 2.45) is 0 Å². The number of nitrogens with zero attached hydrogens (tertiary/aromatic N) is 1. The summed E-state index contributed by atoms with van der Waals surface area (Å²) >= 11 is 1.46. The smallest absolute Gasteiger partial charge is 0.332 e. The van der Waals surface area contributed by atoms with E-state index in [1.807, 2.05) is 13.8 Å². The van der Waals surface area contributed by atoms with E-state index in [1.54, 1.807) is 13.8 Å². The van der Waals surface area contributed by atoms with E-state index in [0.717, 1.165) is 10.4 Å². The van der Waals surface area contributed by atoms with E-state index in [9.17, 15) is 9.59 Å². The Hall–Kier alpha value is -1.73. The highest BCUT2D eigenvalue weighted by Crippen LogP contribution is 2.26. The molecule has 0 aliphatic carbocycles. The van der Waals surface area contributed by atoms with Gasteiger partial charge in [-0.25, -0.2) is 9.78 Å². The van der Waals surface area contributed by atoms with Crippen LogP contribution in [0.25, 0.3) is 10.2 Å². The second kappa shape index (κ2) is 6.36. The van der Waals surface area contributed by atoms with Gasteiger partial charge in [0.15, 0.2) is 11.9 Å². The molecule has 2 aromatic heterocycles. The number of hydrogen-bond donors (Lipinski definition) is 1. The van der Waals surface area contributed by atoms with Crippen LogP contribution in [-0.4, -0.2) is 29.2 Å². The third-order valence-corrected chi connectivity index (χ3v) is 4.28. The standard InChI is InChI=1S/C14H18N2O4S/c1-5-19-6-10(17)20-8(3)12-15-13(18)11-7(2)9(4)21-14(11)16-12/h8H,5-6H2,1-4H3,(H,15,16,18)/t8-/m0/s1. The maximum absolute atomic E-state index is 12.1. The summed E-state index contributed by atoms with van der Waals surface area (Å²) < 4.78 is 10.2. The minimum atomic E-state index is -0.627. The average molecular weight is 310 g/mol. The van der Waals surface area contributed by atoms with Crippen LogP contribution in [0.1, 0.15) is 36.2 Å². The summed E-state index contributed by atoms with van der Waals surface area (Å²) in [6, 6.07) is 0. The lowest BCUT2D eigenvalue weighted by molar-refractivity contribution is -0.154. The number of aromatic nitrogens is 2. The Kier molecular flexibility index (Phi) is 4.74. The number of thiophene rings is 1. The van der Waals surface area contributed by atoms with Crippen molar-refractivity contribution in [2.75, 3.05) is 13.2 Å². The molecule has 114 valence electrons. The van der Waals surface area contributed by atoms with Crippen LogP contribution in [0, 0.1) is 13.8 Å². The van der Waals surface area contributed by atoms with Crippen molar-refractivity contribution < 1.29 is 14.3 Å². The monoisotopic (exact) mass is 310 g/mol. The minimum Gasteiger partial charge on any atom is -0.453 e. The van der Waals surface area contributed by atoms with Crippen molar-refractivity contribution in [3.8, 4) is 0 Å². The Morgan fingerprint density at radius 1 is 1.43 bits per heavy atom. The van der Waals surface area contributed by atoms with Gasteiger partial charge >= 0.3 is 5.97 Å². The fourth-order valence-electron chi connectivity index (χ4n) is 1.94. The molecular formula is C14H18N2O4S. The number of nitrogens with one attached hydrogen (secondary N) is 1. The topological polar surface area (TPSA) is 81.3 Å². The van der Waals surface area contributed by atoms with Crippen LogP contribution in [0.5, 0.6) is 0 Å². The minimum absolute atomic E-state index is 0.107. The first-order chi connectivity index (χ1) is 9.93. The zero-order chi connectivity index (χ0) is 15.6. The number of rotatable bonds is 5. The molecule has 7 heteroatoms. The third kappa shape index (κ3) is 3.30. The van der Waals surface area contributed by atoms with Crippen LogP contribution >= 0.6 is 11.3 Å². The van der Waals surface area contributed by atoms with Gasteiger partial charge in [-0.2, -0.15) is 0 Å². The lowest BCUT2D eigenvalue weighted by atomic mass is 10.2. The van der Waals surface area contributed by atoms with Crippen LogP contribution in [0.2, 0.25) is 0 Å². The summed E-state index contributed by atoms with van der Waals surface area (Å²) in [5.41, 5.74) is 0.737. The molecule has 0 unspecified atom stereocenters. The van der Waals surface area contributed by atoms with E-state index in [-0.39, 0.29) is 12.2 Å². The highest BCUT2D eigenvalue weighted by atomic mass is 32.1. The molecule has 0 saturated heterocycles. The van der Waals surface area contributed by atoms with E-state index in [4.69, 9.17) is 9.47 Å². The van der Waals surface area contributed by atoms with Crippen LogP contribution < -0.4 is 5.56 Å². The van der Waals surface area contributed by atoms with Gasteiger partial charge in [0, 0.05) is 11.5 Å². The predicted octanol–water partition coefficient (Wildman–Crippen LogP) is 2.24. The molecular weight excluding hydrogens is 292 g/mol. The quantitative estimate of drug-likeness (QED) is 0.857. The normalized spacial score (nSPS) is 12.6. The maximum Gasteiger partial charge on any atom is 0.332 e. The van der Waals surface area contributed by atoms with Crippen molar-refractivity contribution >= 4 is 27.5 Å². The molecule has 1 atom stereocenters. The van der Waals surface area contributed by atoms with Gasteiger partial charge in [-0.05, 0) is 33.3 Å². The number of carbonyl (C=O) groups is 1. The number of ether oxygens (including phenoxy) is 2. The van der Waals surface area contributed by atoms with Gasteiger partial charge in [0.25, 0.3) is 5.56 Å². The van der Waals surface area contributed by atoms with Crippen molar-refractivity contribution in [3.63, 3.8) is 0 Å². The molecule has 0 aromatic carbocycles. The number of hydrogen-bond acceptors (Lipinski definition) is 6. The van der Waals surface area contributed by atoms with E-state index < -0.39 is 12.1 Å². The molecule has 21 heavy (non-hydrogen) atoms. The van der Waals surface area contributed by atoms with Crippen molar-refractivity contribution in [1.29, 1.82) is 0 Å². The first kappa shape index (κ1) is 15.7. The number of carbonyl (C=O) groups excluding carboxylic acids is 1. The van der Waals surface area contributed by atoms with E-state index >= 15 is 0 Å². The molecule has 0 fully saturated rings. The lowest BCUT2D eigenvalue weighted by Gasteiger charge is -2.12. The summed E-state index contributed by atoms with van der Waals surface area (Å²) in [6.07, 6.45) is -0.627. The summed E-state index contributed by atoms with van der Waals surface area (Å²) in [7, 11) is 0. The highest BCUT2D eigenvalue weighted by Gasteiger charge is 2.18. The van der Waals surface area contributed by atoms with Gasteiger partial charge in [0.2, 0.25) is 0 Å². The van der Waals surface area contributed by atoms with E-state index in [0.29, 0.717) is 22.6 Å². The highest BCUT2D eigenvalue weighted by molar-refractivity contribution is 7.18. The Labute approximate surface area is 126 Å². The van der Waals surface area contributed by atoms with Crippen LogP contribution in [0.15, 0.2) is 4.79 Å². The Balaban J connectivity index is 2.26. The number of esters is 1. The lowest BCUT2D eigenvalue weighted by Crippen LogP contribution is -2.19. The summed E-state index contributed by atoms with van der Waals surface area (Å²) in [5.74, 6) is -0.135. The average Bonchev–Trinajstić information content (AvgIpc) is 2.72. The number of fused-ring (bicyclic) bond motifs is 1. The van der Waals surface area contributed by atoms with Crippen LogP contribution in [0.4, 0.5) is 0 Å². The molecule has 0 aliphatic heterocycles. The molecule has 0 radical (unpaired) electrons. The predicted molar refractivity (Wildman–Crippen MR) is 80.7 cm³/mol. The molecule has 6 nitrogen and oxygen atoms in total. The molecule has 2 aromatic rings. The first-order valence-electron chi connectivity index (χ1n) is 6.71. The molecule has 0 aliphatic rings. The number of aromatic amines is 1. The van der Waals surface area contributed by atoms with Crippen molar-refractivity contribution in [2.45, 2.75) is 33.8 Å². The zero-order valence-electron chi connectivity index (χ0n) is 12.5. The summed E-state index contributed by atoms with van der Waals surface area (Å²) in [4.78, 5) is 32.5. The van der Waals surface area contributed by atoms with Crippen LogP contribution in [-0.2, 0) is 14.3 Å². The molecule has 1 N–H and O–H groups in total. The molecule has 0 bridgehead atoms. The van der Waals surface area contributed by atoms with E-state index in [2.05, 4.69) is 9.97 Å². The summed E-state index contributed by atoms with van der Waals surface area (Å²) in [6.45, 7) is 7.65. The second-order valence-electron chi connectivity index (χ2n) is 4.68. The zero-order valence-corrected chi connectivity index (χ0v) is 13.3. The van der Waals surface area contributed by atoms with Gasteiger partial charge in [0.1, 0.15) is 11.4 Å². The Morgan fingerprint density at radius 3 is 2.81 bits per heavy atom. The largest absolute Gasteiger partial charge is 0.453 e.